The van der Waals surface area contributed by atoms with Gasteiger partial charge in [-0.25, -0.2) is 19.2 Å². The molecular weight excluding hydrogens is 550 g/mol. The number of fused-ring (bicyclic) bond motifs is 3. The number of hydrogen-bond donors (Lipinski definition) is 1. The molecule has 3 aliphatic heterocycles. The highest BCUT2D eigenvalue weighted by Crippen LogP contribution is 2.70. The Morgan fingerprint density at radius 2 is 1.21 bits per heavy atom. The first-order valence-corrected chi connectivity index (χ1v) is 13.8. The minimum Gasteiger partial charge on any atom is -0.466 e. The Labute approximate surface area is 233 Å². The van der Waals surface area contributed by atoms with Crippen LogP contribution in [0.15, 0.2) is 37.3 Å². The van der Waals surface area contributed by atoms with E-state index in [1.807, 2.05) is 39.8 Å². The number of thioether (sulfide) groups is 3. The van der Waals surface area contributed by atoms with Crippen LogP contribution in [0.1, 0.15) is 30.5 Å². The monoisotopic (exact) mass is 577 g/mol. The molecule has 12 heteroatoms. The zero-order chi connectivity index (χ0) is 28.2. The van der Waals surface area contributed by atoms with Gasteiger partial charge in [-0.1, -0.05) is 35.3 Å². The van der Waals surface area contributed by atoms with Crippen LogP contribution in [0.4, 0.5) is 5.69 Å². The van der Waals surface area contributed by atoms with Crippen molar-refractivity contribution >= 4 is 70.4 Å². The first kappa shape index (κ1) is 28.2. The van der Waals surface area contributed by atoms with Crippen LogP contribution in [0.2, 0.25) is 0 Å². The number of aryl methyl sites for hydroxylation is 2. The summed E-state index contributed by atoms with van der Waals surface area (Å²) in [7, 11) is 4.84. The fourth-order valence-electron chi connectivity index (χ4n) is 4.51. The Hall–Kier alpha value is -2.83. The number of rotatable bonds is 4. The van der Waals surface area contributed by atoms with E-state index in [1.165, 1.54) is 28.4 Å². The van der Waals surface area contributed by atoms with Crippen molar-refractivity contribution < 1.29 is 38.1 Å². The minimum absolute atomic E-state index is 0.00981. The van der Waals surface area contributed by atoms with Gasteiger partial charge in [-0.2, -0.15) is 0 Å². The number of ether oxygens (including phenoxy) is 4. The van der Waals surface area contributed by atoms with Crippen LogP contribution in [0.25, 0.3) is 5.57 Å². The van der Waals surface area contributed by atoms with E-state index in [4.69, 9.17) is 18.9 Å². The van der Waals surface area contributed by atoms with Gasteiger partial charge in [0.25, 0.3) is 0 Å². The molecule has 3 heterocycles. The van der Waals surface area contributed by atoms with Crippen molar-refractivity contribution in [1.82, 2.24) is 0 Å². The number of benzene rings is 1. The average molecular weight is 578 g/mol. The third-order valence-corrected chi connectivity index (χ3v) is 11.1. The van der Waals surface area contributed by atoms with Crippen molar-refractivity contribution in [2.24, 2.45) is 0 Å². The van der Waals surface area contributed by atoms with E-state index in [2.05, 4.69) is 5.32 Å². The van der Waals surface area contributed by atoms with E-state index in [-0.39, 0.29) is 20.3 Å². The van der Waals surface area contributed by atoms with Crippen molar-refractivity contribution in [3.63, 3.8) is 0 Å². The first-order valence-electron chi connectivity index (χ1n) is 11.4. The summed E-state index contributed by atoms with van der Waals surface area (Å²) in [4.78, 5) is 53.2. The van der Waals surface area contributed by atoms with Gasteiger partial charge in [0.15, 0.2) is 0 Å². The number of methoxy groups -OCH3 is 4. The minimum atomic E-state index is -1.47. The molecule has 0 saturated heterocycles. The second-order valence-corrected chi connectivity index (χ2v) is 12.9. The predicted molar refractivity (Wildman–Crippen MR) is 148 cm³/mol. The highest BCUT2D eigenvalue weighted by Gasteiger charge is 2.60. The van der Waals surface area contributed by atoms with Crippen LogP contribution in [0.3, 0.4) is 0 Å². The van der Waals surface area contributed by atoms with Crippen LogP contribution in [-0.2, 0) is 38.1 Å². The summed E-state index contributed by atoms with van der Waals surface area (Å²) in [5.74, 6) is -3.06. The summed E-state index contributed by atoms with van der Waals surface area (Å²) in [6.45, 7) is 7.89. The van der Waals surface area contributed by atoms with E-state index in [0.717, 1.165) is 62.6 Å². The summed E-state index contributed by atoms with van der Waals surface area (Å²) in [6, 6.07) is 4.02. The van der Waals surface area contributed by atoms with Crippen LogP contribution in [-0.4, -0.2) is 61.9 Å². The summed E-state index contributed by atoms with van der Waals surface area (Å²) in [6.07, 6.45) is 0. The normalized spacial score (nSPS) is 18.9. The molecule has 0 saturated carbocycles. The highest BCUT2D eigenvalue weighted by molar-refractivity contribution is 8.26. The molecular formula is C26H27NO8S3. The average Bonchev–Trinajstić information content (AvgIpc) is 3.28. The Morgan fingerprint density at radius 3 is 1.71 bits per heavy atom. The molecule has 0 atom stereocenters. The van der Waals surface area contributed by atoms with E-state index in [9.17, 15) is 19.2 Å². The van der Waals surface area contributed by atoms with Crippen molar-refractivity contribution in [3.8, 4) is 0 Å². The third-order valence-electron chi connectivity index (χ3n) is 6.43. The highest BCUT2D eigenvalue weighted by atomic mass is 32.2. The van der Waals surface area contributed by atoms with Gasteiger partial charge in [-0.15, -0.1) is 0 Å². The molecule has 0 amide bonds. The SMILES string of the molecule is COC(=O)C1=C(C(=O)OC)SC2(S1)C(C(=O)OC)=C(C(=O)OC)SC1=C2c2cc(C)c(C)cc2NC1(C)C. The molecule has 1 spiro atoms. The van der Waals surface area contributed by atoms with Gasteiger partial charge in [0.2, 0.25) is 0 Å². The van der Waals surface area contributed by atoms with E-state index < -0.39 is 33.5 Å². The number of carbonyl (C=O) groups is 4. The molecule has 202 valence electrons. The molecule has 9 nitrogen and oxygen atoms in total. The number of hydrogen-bond acceptors (Lipinski definition) is 12. The molecule has 0 unspecified atom stereocenters. The largest absolute Gasteiger partial charge is 0.466 e. The van der Waals surface area contributed by atoms with Gasteiger partial charge >= 0.3 is 23.9 Å². The van der Waals surface area contributed by atoms with E-state index in [1.54, 1.807) is 0 Å². The smallest absolute Gasteiger partial charge is 0.345 e. The van der Waals surface area contributed by atoms with Crippen LogP contribution >= 0.6 is 35.3 Å². The third kappa shape index (κ3) is 4.22. The molecule has 0 fully saturated rings. The molecule has 0 bridgehead atoms. The van der Waals surface area contributed by atoms with Crippen molar-refractivity contribution in [1.29, 1.82) is 0 Å². The molecule has 1 aromatic carbocycles. The molecule has 1 aromatic rings. The van der Waals surface area contributed by atoms with E-state index >= 15 is 0 Å². The summed E-state index contributed by atoms with van der Waals surface area (Å²) >= 11 is 3.04. The van der Waals surface area contributed by atoms with Gasteiger partial charge in [0.1, 0.15) is 18.8 Å². The lowest BCUT2D eigenvalue weighted by atomic mass is 9.84. The maximum absolute atomic E-state index is 13.5. The van der Waals surface area contributed by atoms with Crippen LogP contribution in [0, 0.1) is 13.8 Å². The molecule has 38 heavy (non-hydrogen) atoms. The number of esters is 4. The van der Waals surface area contributed by atoms with Crippen molar-refractivity contribution in [2.75, 3.05) is 33.8 Å². The zero-order valence-electron chi connectivity index (χ0n) is 22.1. The summed E-state index contributed by atoms with van der Waals surface area (Å²) in [5, 5.41) is 3.55. The number of nitrogens with one attached hydrogen (secondary N) is 1. The Balaban J connectivity index is 2.15. The number of anilines is 1. The van der Waals surface area contributed by atoms with Crippen LogP contribution in [0.5, 0.6) is 0 Å². The van der Waals surface area contributed by atoms with Gasteiger partial charge in [0, 0.05) is 21.7 Å². The fraction of sp³-hybridized carbons (Fsp3) is 0.385. The molecule has 0 aromatic heterocycles. The van der Waals surface area contributed by atoms with E-state index in [0.29, 0.717) is 5.57 Å². The summed E-state index contributed by atoms with van der Waals surface area (Å²) < 4.78 is 18.8. The molecule has 0 aliphatic carbocycles. The molecule has 0 radical (unpaired) electrons. The summed E-state index contributed by atoms with van der Waals surface area (Å²) in [5.41, 5.74) is 3.58. The van der Waals surface area contributed by atoms with Crippen molar-refractivity contribution in [2.45, 2.75) is 37.3 Å². The van der Waals surface area contributed by atoms with Gasteiger partial charge in [-0.3, -0.25) is 0 Å². The quantitative estimate of drug-likeness (QED) is 0.406. The zero-order valence-corrected chi connectivity index (χ0v) is 24.6. The first-order chi connectivity index (χ1) is 17.9. The van der Waals surface area contributed by atoms with Gasteiger partial charge in [0.05, 0.1) is 39.6 Å². The lowest BCUT2D eigenvalue weighted by Crippen LogP contribution is -2.44. The predicted octanol–water partition coefficient (Wildman–Crippen LogP) is 4.30. The molecule has 3 aliphatic rings. The van der Waals surface area contributed by atoms with Crippen molar-refractivity contribution in [3.05, 3.63) is 54.0 Å². The Kier molecular flexibility index (Phi) is 7.45. The second-order valence-electron chi connectivity index (χ2n) is 9.19. The lowest BCUT2D eigenvalue weighted by Gasteiger charge is -2.46. The van der Waals surface area contributed by atoms with Gasteiger partial charge < -0.3 is 24.3 Å². The molecule has 1 N–H and O–H groups in total. The van der Waals surface area contributed by atoms with Crippen LogP contribution < -0.4 is 5.32 Å². The Morgan fingerprint density at radius 1 is 0.737 bits per heavy atom. The maximum Gasteiger partial charge on any atom is 0.345 e. The second kappa shape index (κ2) is 10.0. The molecule has 4 rings (SSSR count). The van der Waals surface area contributed by atoms with Gasteiger partial charge in [-0.05, 0) is 51.0 Å². The Bertz CT molecular complexity index is 1360. The standard InChI is InChI=1S/C26H27NO8S3/c1-11-9-13-14(10-12(11)2)27-25(3,4)20-15(13)26(16(21(28)32-5)17(36-20)22(29)33-6)37-18(23(30)34-7)19(38-26)24(31)35-8/h9-10,27H,1-8H3. The lowest BCUT2D eigenvalue weighted by molar-refractivity contribution is -0.138. The fourth-order valence-corrected chi connectivity index (χ4v) is 9.53. The topological polar surface area (TPSA) is 117 Å². The number of carbonyl (C=O) groups excluding carboxylic acids is 4. The maximum atomic E-state index is 13.5.